The van der Waals surface area contributed by atoms with Crippen molar-refractivity contribution in [2.45, 2.75) is 6.92 Å². The van der Waals surface area contributed by atoms with Gasteiger partial charge in [-0.2, -0.15) is 0 Å². The van der Waals surface area contributed by atoms with Crippen LogP contribution in [0.3, 0.4) is 0 Å². The smallest absolute Gasteiger partial charge is 0.291 e. The summed E-state index contributed by atoms with van der Waals surface area (Å²) >= 11 is 3.44. The minimum atomic E-state index is -0.292. The van der Waals surface area contributed by atoms with Crippen LogP contribution in [0, 0.1) is 6.92 Å². The predicted molar refractivity (Wildman–Crippen MR) is 98.5 cm³/mol. The third-order valence-corrected chi connectivity index (χ3v) is 4.43. The first-order valence-corrected chi connectivity index (χ1v) is 8.40. The first kappa shape index (κ1) is 15.7. The molecule has 0 saturated carbocycles. The Bertz CT molecular complexity index is 1070. The molecular formula is C19H13BrN2O3. The minimum Gasteiger partial charge on any atom is -0.451 e. The van der Waals surface area contributed by atoms with Crippen LogP contribution < -0.4 is 5.32 Å². The number of nitrogens with zero attached hydrogens (tertiary/aromatic N) is 1. The lowest BCUT2D eigenvalue weighted by molar-refractivity contribution is 0.0998. The second-order valence-corrected chi connectivity index (χ2v) is 6.51. The molecular weight excluding hydrogens is 384 g/mol. The normalized spacial score (nSPS) is 11.0. The first-order valence-electron chi connectivity index (χ1n) is 7.61. The molecule has 0 spiro atoms. The summed E-state index contributed by atoms with van der Waals surface area (Å²) in [7, 11) is 0. The van der Waals surface area contributed by atoms with Crippen molar-refractivity contribution in [2.75, 3.05) is 5.32 Å². The maximum atomic E-state index is 12.6. The number of oxazole rings is 1. The van der Waals surface area contributed by atoms with Gasteiger partial charge in [-0.05, 0) is 37.3 Å². The Kier molecular flexibility index (Phi) is 3.89. The highest BCUT2D eigenvalue weighted by atomic mass is 79.9. The monoisotopic (exact) mass is 396 g/mol. The van der Waals surface area contributed by atoms with E-state index in [0.717, 1.165) is 21.0 Å². The van der Waals surface area contributed by atoms with Crippen molar-refractivity contribution in [1.82, 2.24) is 4.98 Å². The SMILES string of the molecule is Cc1c(C(=O)Nc2cccc(-c3cnco3)c2)oc2ccc(Br)cc12. The lowest BCUT2D eigenvalue weighted by Gasteiger charge is -2.05. The summed E-state index contributed by atoms with van der Waals surface area (Å²) in [6.45, 7) is 1.87. The van der Waals surface area contributed by atoms with E-state index in [1.807, 2.05) is 49.4 Å². The van der Waals surface area contributed by atoms with E-state index < -0.39 is 0 Å². The summed E-state index contributed by atoms with van der Waals surface area (Å²) in [6.07, 6.45) is 3.00. The molecule has 4 rings (SSSR count). The topological polar surface area (TPSA) is 68.3 Å². The molecule has 0 fully saturated rings. The predicted octanol–water partition coefficient (Wildman–Crippen LogP) is 5.41. The fourth-order valence-corrected chi connectivity index (χ4v) is 3.07. The minimum absolute atomic E-state index is 0.292. The summed E-state index contributed by atoms with van der Waals surface area (Å²) in [5.41, 5.74) is 2.97. The quantitative estimate of drug-likeness (QED) is 0.502. The van der Waals surface area contributed by atoms with E-state index in [2.05, 4.69) is 26.2 Å². The maximum absolute atomic E-state index is 12.6. The molecule has 0 aliphatic heterocycles. The average Bonchev–Trinajstić information content (AvgIpc) is 3.24. The van der Waals surface area contributed by atoms with Crippen LogP contribution in [-0.4, -0.2) is 10.9 Å². The Morgan fingerprint density at radius 1 is 1.20 bits per heavy atom. The molecule has 5 nitrogen and oxygen atoms in total. The zero-order valence-electron chi connectivity index (χ0n) is 13.2. The molecule has 1 amide bonds. The van der Waals surface area contributed by atoms with Gasteiger partial charge in [0.05, 0.1) is 6.20 Å². The van der Waals surface area contributed by atoms with Crippen molar-refractivity contribution in [1.29, 1.82) is 0 Å². The van der Waals surface area contributed by atoms with Gasteiger partial charge in [-0.3, -0.25) is 4.79 Å². The number of halogens is 1. The van der Waals surface area contributed by atoms with Gasteiger partial charge in [0.1, 0.15) is 5.58 Å². The Hall–Kier alpha value is -2.86. The zero-order chi connectivity index (χ0) is 17.4. The number of amides is 1. The highest BCUT2D eigenvalue weighted by Gasteiger charge is 2.18. The molecule has 2 aromatic carbocycles. The van der Waals surface area contributed by atoms with Crippen LogP contribution in [0.2, 0.25) is 0 Å². The van der Waals surface area contributed by atoms with Crippen molar-refractivity contribution in [3.05, 3.63) is 70.9 Å². The average molecular weight is 397 g/mol. The molecule has 4 aromatic rings. The van der Waals surface area contributed by atoms with Gasteiger partial charge in [0.2, 0.25) is 0 Å². The maximum Gasteiger partial charge on any atom is 0.291 e. The second-order valence-electron chi connectivity index (χ2n) is 5.60. The second kappa shape index (κ2) is 6.22. The van der Waals surface area contributed by atoms with Crippen LogP contribution in [0.5, 0.6) is 0 Å². The van der Waals surface area contributed by atoms with Gasteiger partial charge in [-0.15, -0.1) is 0 Å². The largest absolute Gasteiger partial charge is 0.451 e. The molecule has 1 N–H and O–H groups in total. The number of carbonyl (C=O) groups is 1. The summed E-state index contributed by atoms with van der Waals surface area (Å²) in [6, 6.07) is 13.0. The van der Waals surface area contributed by atoms with Gasteiger partial charge in [-0.1, -0.05) is 28.1 Å². The molecule has 0 unspecified atom stereocenters. The Morgan fingerprint density at radius 3 is 2.88 bits per heavy atom. The zero-order valence-corrected chi connectivity index (χ0v) is 14.8. The number of benzene rings is 2. The number of rotatable bonds is 3. The molecule has 25 heavy (non-hydrogen) atoms. The third-order valence-electron chi connectivity index (χ3n) is 3.94. The molecule has 0 aliphatic carbocycles. The first-order chi connectivity index (χ1) is 12.1. The third kappa shape index (κ3) is 2.96. The fraction of sp³-hybridized carbons (Fsp3) is 0.0526. The van der Waals surface area contributed by atoms with Crippen LogP contribution in [0.15, 0.2) is 68.4 Å². The van der Waals surface area contributed by atoms with E-state index in [9.17, 15) is 4.79 Å². The summed E-state index contributed by atoms with van der Waals surface area (Å²) in [4.78, 5) is 16.5. The summed E-state index contributed by atoms with van der Waals surface area (Å²) < 4.78 is 12.0. The van der Waals surface area contributed by atoms with Crippen molar-refractivity contribution in [3.63, 3.8) is 0 Å². The fourth-order valence-electron chi connectivity index (χ4n) is 2.71. The van der Waals surface area contributed by atoms with E-state index in [1.54, 1.807) is 6.20 Å². The number of furan rings is 1. The van der Waals surface area contributed by atoms with E-state index in [1.165, 1.54) is 6.39 Å². The number of aromatic nitrogens is 1. The Morgan fingerprint density at radius 2 is 2.08 bits per heavy atom. The lowest BCUT2D eigenvalue weighted by Crippen LogP contribution is -2.12. The molecule has 2 aromatic heterocycles. The number of aryl methyl sites for hydroxylation is 1. The highest BCUT2D eigenvalue weighted by Crippen LogP contribution is 2.29. The van der Waals surface area contributed by atoms with Crippen molar-refractivity contribution >= 4 is 38.5 Å². The molecule has 6 heteroatoms. The molecule has 0 saturated heterocycles. The molecule has 0 bridgehead atoms. The summed E-state index contributed by atoms with van der Waals surface area (Å²) in [5.74, 6) is 0.651. The standard InChI is InChI=1S/C19H13BrN2O3/c1-11-15-8-13(20)5-6-16(15)25-18(11)19(23)22-14-4-2-3-12(7-14)17-9-21-10-24-17/h2-10H,1H3,(H,22,23). The van der Waals surface area contributed by atoms with E-state index >= 15 is 0 Å². The molecule has 2 heterocycles. The number of anilines is 1. The Labute approximate surface area is 151 Å². The van der Waals surface area contributed by atoms with Gasteiger partial charge in [0.25, 0.3) is 5.91 Å². The number of hydrogen-bond donors (Lipinski definition) is 1. The van der Waals surface area contributed by atoms with Crippen LogP contribution in [-0.2, 0) is 0 Å². The van der Waals surface area contributed by atoms with Gasteiger partial charge in [0.15, 0.2) is 17.9 Å². The van der Waals surface area contributed by atoms with E-state index in [0.29, 0.717) is 22.8 Å². The molecule has 0 aliphatic rings. The van der Waals surface area contributed by atoms with Gasteiger partial charge < -0.3 is 14.2 Å². The van der Waals surface area contributed by atoms with Crippen molar-refractivity contribution < 1.29 is 13.6 Å². The van der Waals surface area contributed by atoms with Gasteiger partial charge >= 0.3 is 0 Å². The van der Waals surface area contributed by atoms with E-state index in [4.69, 9.17) is 8.83 Å². The lowest BCUT2D eigenvalue weighted by atomic mass is 10.1. The van der Waals surface area contributed by atoms with Crippen LogP contribution in [0.25, 0.3) is 22.3 Å². The van der Waals surface area contributed by atoms with Crippen LogP contribution in [0.4, 0.5) is 5.69 Å². The number of carbonyl (C=O) groups excluding carboxylic acids is 1. The number of fused-ring (bicyclic) bond motifs is 1. The molecule has 0 radical (unpaired) electrons. The number of nitrogens with one attached hydrogen (secondary N) is 1. The van der Waals surface area contributed by atoms with E-state index in [-0.39, 0.29) is 5.91 Å². The summed E-state index contributed by atoms with van der Waals surface area (Å²) in [5, 5.41) is 3.78. The highest BCUT2D eigenvalue weighted by molar-refractivity contribution is 9.10. The van der Waals surface area contributed by atoms with Crippen LogP contribution in [0.1, 0.15) is 16.1 Å². The van der Waals surface area contributed by atoms with Gasteiger partial charge in [-0.25, -0.2) is 4.98 Å². The molecule has 124 valence electrons. The van der Waals surface area contributed by atoms with Crippen molar-refractivity contribution in [3.8, 4) is 11.3 Å². The molecule has 0 atom stereocenters. The Balaban J connectivity index is 1.64. The van der Waals surface area contributed by atoms with Gasteiger partial charge in [0, 0.05) is 26.7 Å². The number of hydrogen-bond acceptors (Lipinski definition) is 4. The van der Waals surface area contributed by atoms with Crippen LogP contribution >= 0.6 is 15.9 Å². The van der Waals surface area contributed by atoms with Crippen molar-refractivity contribution in [2.24, 2.45) is 0 Å².